The number of aryl methyl sites for hydroxylation is 1. The van der Waals surface area contributed by atoms with E-state index in [9.17, 15) is 4.79 Å². The highest BCUT2D eigenvalue weighted by atomic mass is 16.1. The molecule has 0 saturated heterocycles. The monoisotopic (exact) mass is 241 g/mol. The Labute approximate surface area is 108 Å². The van der Waals surface area contributed by atoms with Gasteiger partial charge >= 0.3 is 0 Å². The van der Waals surface area contributed by atoms with Gasteiger partial charge < -0.3 is 4.57 Å². The molecule has 0 aliphatic rings. The average molecular weight is 241 g/mol. The molecule has 2 rings (SSSR count). The van der Waals surface area contributed by atoms with Crippen molar-refractivity contribution in [3.63, 3.8) is 0 Å². The van der Waals surface area contributed by atoms with Crippen molar-refractivity contribution in [3.8, 4) is 0 Å². The SMILES string of the molecule is CC(=O)c1cc(C)n([C@H](C)c2ccccc2)c1C. The number of carbonyl (C=O) groups excluding carboxylic acids is 1. The Hall–Kier alpha value is -1.83. The van der Waals surface area contributed by atoms with Crippen molar-refractivity contribution in [2.24, 2.45) is 0 Å². The van der Waals surface area contributed by atoms with Crippen LogP contribution in [0.1, 0.15) is 47.2 Å². The quantitative estimate of drug-likeness (QED) is 0.747. The molecule has 0 bridgehead atoms. The summed E-state index contributed by atoms with van der Waals surface area (Å²) >= 11 is 0. The van der Waals surface area contributed by atoms with E-state index in [4.69, 9.17) is 0 Å². The molecule has 1 aromatic heterocycles. The number of ketones is 1. The lowest BCUT2D eigenvalue weighted by Crippen LogP contribution is -2.10. The van der Waals surface area contributed by atoms with Crippen LogP contribution in [0.3, 0.4) is 0 Å². The fraction of sp³-hybridized carbons (Fsp3) is 0.312. The number of carbonyl (C=O) groups is 1. The number of hydrogen-bond donors (Lipinski definition) is 0. The third-order valence-electron chi connectivity index (χ3n) is 3.53. The van der Waals surface area contributed by atoms with Gasteiger partial charge in [-0.05, 0) is 39.3 Å². The van der Waals surface area contributed by atoms with Crippen LogP contribution in [0.25, 0.3) is 0 Å². The van der Waals surface area contributed by atoms with Gasteiger partial charge in [0, 0.05) is 17.0 Å². The van der Waals surface area contributed by atoms with E-state index in [0.717, 1.165) is 17.0 Å². The van der Waals surface area contributed by atoms with E-state index >= 15 is 0 Å². The molecule has 0 aliphatic heterocycles. The zero-order valence-electron chi connectivity index (χ0n) is 11.4. The van der Waals surface area contributed by atoms with Crippen LogP contribution in [0.5, 0.6) is 0 Å². The van der Waals surface area contributed by atoms with Crippen molar-refractivity contribution in [3.05, 3.63) is 58.9 Å². The molecular formula is C16H19NO. The lowest BCUT2D eigenvalue weighted by molar-refractivity contribution is 0.101. The molecule has 0 amide bonds. The van der Waals surface area contributed by atoms with Gasteiger partial charge in [-0.1, -0.05) is 30.3 Å². The molecule has 2 nitrogen and oxygen atoms in total. The van der Waals surface area contributed by atoms with E-state index in [1.807, 2.05) is 31.2 Å². The Balaban J connectivity index is 2.49. The second-order valence-corrected chi connectivity index (χ2v) is 4.80. The second-order valence-electron chi connectivity index (χ2n) is 4.80. The van der Waals surface area contributed by atoms with E-state index < -0.39 is 0 Å². The molecule has 2 aromatic rings. The number of aromatic nitrogens is 1. The van der Waals surface area contributed by atoms with Gasteiger partial charge in [-0.15, -0.1) is 0 Å². The van der Waals surface area contributed by atoms with Crippen LogP contribution in [-0.2, 0) is 0 Å². The summed E-state index contributed by atoms with van der Waals surface area (Å²) in [4.78, 5) is 11.6. The Kier molecular flexibility index (Phi) is 3.37. The van der Waals surface area contributed by atoms with Crippen LogP contribution < -0.4 is 0 Å². The molecule has 2 heteroatoms. The van der Waals surface area contributed by atoms with Crippen molar-refractivity contribution >= 4 is 5.78 Å². The van der Waals surface area contributed by atoms with E-state index in [1.165, 1.54) is 5.56 Å². The fourth-order valence-electron chi connectivity index (χ4n) is 2.61. The topological polar surface area (TPSA) is 22.0 Å². The first-order valence-corrected chi connectivity index (χ1v) is 6.26. The van der Waals surface area contributed by atoms with E-state index in [-0.39, 0.29) is 11.8 Å². The molecule has 0 N–H and O–H groups in total. The largest absolute Gasteiger partial charge is 0.341 e. The number of nitrogens with zero attached hydrogens (tertiary/aromatic N) is 1. The van der Waals surface area contributed by atoms with Crippen molar-refractivity contribution in [1.29, 1.82) is 0 Å². The normalized spacial score (nSPS) is 12.4. The first-order chi connectivity index (χ1) is 8.52. The third kappa shape index (κ3) is 2.10. The van der Waals surface area contributed by atoms with Crippen LogP contribution in [-0.4, -0.2) is 10.4 Å². The molecule has 1 heterocycles. The van der Waals surface area contributed by atoms with Crippen LogP contribution in [0.2, 0.25) is 0 Å². The maximum Gasteiger partial charge on any atom is 0.161 e. The molecule has 18 heavy (non-hydrogen) atoms. The number of rotatable bonds is 3. The number of hydrogen-bond acceptors (Lipinski definition) is 1. The molecule has 0 saturated carbocycles. The number of benzene rings is 1. The highest BCUT2D eigenvalue weighted by molar-refractivity contribution is 5.95. The summed E-state index contributed by atoms with van der Waals surface area (Å²) in [6.45, 7) is 7.86. The summed E-state index contributed by atoms with van der Waals surface area (Å²) in [5.74, 6) is 0.134. The Bertz CT molecular complexity index is 566. The molecule has 94 valence electrons. The van der Waals surface area contributed by atoms with E-state index in [2.05, 4.69) is 30.5 Å². The first kappa shape index (κ1) is 12.6. The number of Topliss-reactive ketones (excluding diaryl/α,β-unsaturated/α-hetero) is 1. The van der Waals surface area contributed by atoms with Crippen molar-refractivity contribution in [2.45, 2.75) is 33.7 Å². The fourth-order valence-corrected chi connectivity index (χ4v) is 2.61. The summed E-state index contributed by atoms with van der Waals surface area (Å²) in [6.07, 6.45) is 0. The summed E-state index contributed by atoms with van der Waals surface area (Å²) in [6, 6.07) is 12.6. The highest BCUT2D eigenvalue weighted by Gasteiger charge is 2.17. The summed E-state index contributed by atoms with van der Waals surface area (Å²) in [5, 5.41) is 0. The van der Waals surface area contributed by atoms with Gasteiger partial charge in [0.2, 0.25) is 0 Å². The molecular weight excluding hydrogens is 222 g/mol. The molecule has 1 aromatic carbocycles. The van der Waals surface area contributed by atoms with Crippen molar-refractivity contribution < 1.29 is 4.79 Å². The van der Waals surface area contributed by atoms with Crippen LogP contribution in [0.15, 0.2) is 36.4 Å². The maximum atomic E-state index is 11.6. The van der Waals surface area contributed by atoms with Crippen molar-refractivity contribution in [1.82, 2.24) is 4.57 Å². The molecule has 0 aliphatic carbocycles. The Morgan fingerprint density at radius 2 is 1.78 bits per heavy atom. The van der Waals surface area contributed by atoms with Crippen LogP contribution >= 0.6 is 0 Å². The lowest BCUT2D eigenvalue weighted by Gasteiger charge is -2.19. The summed E-state index contributed by atoms with van der Waals surface area (Å²) in [7, 11) is 0. The van der Waals surface area contributed by atoms with Gasteiger partial charge in [0.05, 0.1) is 6.04 Å². The van der Waals surface area contributed by atoms with Crippen LogP contribution in [0, 0.1) is 13.8 Å². The first-order valence-electron chi connectivity index (χ1n) is 6.26. The van der Waals surface area contributed by atoms with Gasteiger partial charge in [0.1, 0.15) is 0 Å². The maximum absolute atomic E-state index is 11.6. The predicted octanol–water partition coefficient (Wildman–Crippen LogP) is 3.92. The van der Waals surface area contributed by atoms with Gasteiger partial charge in [0.25, 0.3) is 0 Å². The summed E-state index contributed by atoms with van der Waals surface area (Å²) in [5.41, 5.74) is 4.27. The van der Waals surface area contributed by atoms with E-state index in [0.29, 0.717) is 0 Å². The molecule has 0 spiro atoms. The molecule has 0 fully saturated rings. The molecule has 0 unspecified atom stereocenters. The molecule has 0 radical (unpaired) electrons. The summed E-state index contributed by atoms with van der Waals surface area (Å²) < 4.78 is 2.23. The average Bonchev–Trinajstić information content (AvgIpc) is 2.65. The van der Waals surface area contributed by atoms with Gasteiger partial charge in [-0.2, -0.15) is 0 Å². The van der Waals surface area contributed by atoms with E-state index in [1.54, 1.807) is 6.92 Å². The Morgan fingerprint density at radius 3 is 2.28 bits per heavy atom. The Morgan fingerprint density at radius 1 is 1.17 bits per heavy atom. The smallest absolute Gasteiger partial charge is 0.161 e. The van der Waals surface area contributed by atoms with Crippen LogP contribution in [0.4, 0.5) is 0 Å². The van der Waals surface area contributed by atoms with Crippen molar-refractivity contribution in [2.75, 3.05) is 0 Å². The zero-order chi connectivity index (χ0) is 13.3. The minimum absolute atomic E-state index is 0.134. The van der Waals surface area contributed by atoms with Gasteiger partial charge in [0.15, 0.2) is 5.78 Å². The lowest BCUT2D eigenvalue weighted by atomic mass is 10.1. The standard InChI is InChI=1S/C16H19NO/c1-11-10-16(14(4)18)13(3)17(11)12(2)15-8-6-5-7-9-15/h5-10,12H,1-4H3/t12-/m1/s1. The minimum atomic E-state index is 0.134. The highest BCUT2D eigenvalue weighted by Crippen LogP contribution is 2.25. The van der Waals surface area contributed by atoms with Gasteiger partial charge in [-0.25, -0.2) is 0 Å². The minimum Gasteiger partial charge on any atom is -0.341 e. The third-order valence-corrected chi connectivity index (χ3v) is 3.53. The second kappa shape index (κ2) is 4.81. The van der Waals surface area contributed by atoms with Gasteiger partial charge in [-0.3, -0.25) is 4.79 Å². The zero-order valence-corrected chi connectivity index (χ0v) is 11.4. The predicted molar refractivity (Wildman–Crippen MR) is 74.2 cm³/mol. The molecule has 1 atom stereocenters.